The minimum absolute atomic E-state index is 0.226. The molecule has 2 aromatic rings. The number of benzene rings is 2. The second-order valence-corrected chi connectivity index (χ2v) is 7.92. The predicted octanol–water partition coefficient (Wildman–Crippen LogP) is 3.97. The Morgan fingerprint density at radius 1 is 1.04 bits per heavy atom. The molecular formula is C24H32N2O2. The maximum atomic E-state index is 12.7. The number of ketones is 1. The Kier molecular flexibility index (Phi) is 7.24. The molecule has 1 saturated heterocycles. The second-order valence-electron chi connectivity index (χ2n) is 7.92. The number of hydrogen-bond acceptors (Lipinski definition) is 4. The number of morpholine rings is 1. The first-order valence-corrected chi connectivity index (χ1v) is 10.2. The van der Waals surface area contributed by atoms with Crippen molar-refractivity contribution >= 4 is 11.5 Å². The number of carbonyl (C=O) groups is 1. The zero-order valence-corrected chi connectivity index (χ0v) is 17.4. The molecule has 1 aliphatic heterocycles. The van der Waals surface area contributed by atoms with Crippen LogP contribution < -0.4 is 4.90 Å². The van der Waals surface area contributed by atoms with Crippen LogP contribution in [0.1, 0.15) is 34.3 Å². The van der Waals surface area contributed by atoms with E-state index in [0.29, 0.717) is 12.5 Å². The van der Waals surface area contributed by atoms with Crippen molar-refractivity contribution < 1.29 is 9.53 Å². The number of likely N-dealkylation sites (N-methyl/N-ethyl adjacent to an activating group) is 1. The molecule has 2 aromatic carbocycles. The van der Waals surface area contributed by atoms with Crippen LogP contribution in [0.25, 0.3) is 0 Å². The molecule has 150 valence electrons. The van der Waals surface area contributed by atoms with Crippen LogP contribution in [0.5, 0.6) is 0 Å². The van der Waals surface area contributed by atoms with Gasteiger partial charge in [-0.3, -0.25) is 4.79 Å². The fraction of sp³-hybridized carbons (Fsp3) is 0.458. The van der Waals surface area contributed by atoms with Gasteiger partial charge in [0.15, 0.2) is 5.78 Å². The van der Waals surface area contributed by atoms with Gasteiger partial charge in [-0.1, -0.05) is 29.8 Å². The third-order valence-corrected chi connectivity index (χ3v) is 5.59. The van der Waals surface area contributed by atoms with Crippen molar-refractivity contribution in [3.05, 3.63) is 65.2 Å². The fourth-order valence-corrected chi connectivity index (χ4v) is 3.66. The highest BCUT2D eigenvalue weighted by Crippen LogP contribution is 2.19. The van der Waals surface area contributed by atoms with Crippen LogP contribution in [0, 0.1) is 6.92 Å². The summed E-state index contributed by atoms with van der Waals surface area (Å²) < 4.78 is 5.41. The van der Waals surface area contributed by atoms with E-state index in [1.165, 1.54) is 16.8 Å². The largest absolute Gasteiger partial charge is 0.378 e. The molecule has 0 bridgehead atoms. The molecule has 0 N–H and O–H groups in total. The highest BCUT2D eigenvalue weighted by Gasteiger charge is 2.16. The molecular weight excluding hydrogens is 348 g/mol. The van der Waals surface area contributed by atoms with E-state index in [-0.39, 0.29) is 5.78 Å². The van der Waals surface area contributed by atoms with Crippen LogP contribution in [0.3, 0.4) is 0 Å². The Hall–Kier alpha value is -2.17. The van der Waals surface area contributed by atoms with E-state index in [4.69, 9.17) is 4.74 Å². The number of rotatable bonds is 8. The molecule has 1 heterocycles. The topological polar surface area (TPSA) is 32.8 Å². The minimum Gasteiger partial charge on any atom is -0.378 e. The van der Waals surface area contributed by atoms with Crippen LogP contribution >= 0.6 is 0 Å². The van der Waals surface area contributed by atoms with E-state index in [1.54, 1.807) is 0 Å². The van der Waals surface area contributed by atoms with E-state index in [9.17, 15) is 4.79 Å². The van der Waals surface area contributed by atoms with Gasteiger partial charge >= 0.3 is 0 Å². The lowest BCUT2D eigenvalue weighted by atomic mass is 9.97. The summed E-state index contributed by atoms with van der Waals surface area (Å²) in [7, 11) is 4.20. The average Bonchev–Trinajstić information content (AvgIpc) is 2.73. The zero-order valence-electron chi connectivity index (χ0n) is 17.4. The molecule has 1 atom stereocenters. The average molecular weight is 381 g/mol. The summed E-state index contributed by atoms with van der Waals surface area (Å²) >= 11 is 0. The Labute approximate surface area is 169 Å². The van der Waals surface area contributed by atoms with E-state index < -0.39 is 0 Å². The lowest BCUT2D eigenvalue weighted by molar-refractivity contribution is 0.0968. The Bertz CT molecular complexity index is 747. The van der Waals surface area contributed by atoms with Crippen LogP contribution in [0.4, 0.5) is 5.69 Å². The highest BCUT2D eigenvalue weighted by atomic mass is 16.5. The number of carbonyl (C=O) groups excluding carboxylic acids is 1. The van der Waals surface area contributed by atoms with Gasteiger partial charge < -0.3 is 14.5 Å². The second kappa shape index (κ2) is 9.85. The smallest absolute Gasteiger partial charge is 0.162 e. The summed E-state index contributed by atoms with van der Waals surface area (Å²) in [6.45, 7) is 5.48. The summed E-state index contributed by atoms with van der Waals surface area (Å²) in [6.07, 6.45) is 2.41. The molecule has 28 heavy (non-hydrogen) atoms. The summed E-state index contributed by atoms with van der Waals surface area (Å²) in [5.74, 6) is 0.226. The number of ether oxygens (including phenoxy) is 1. The maximum Gasteiger partial charge on any atom is 0.162 e. The standard InChI is InChI=1S/C24H32N2O2/c1-19-4-6-20(7-5-19)18-23(25(2)3)12-13-24(27)21-8-10-22(11-9-21)26-14-16-28-17-15-26/h4-11,23H,12-18H2,1-3H3. The number of aryl methyl sites for hydroxylation is 1. The molecule has 0 amide bonds. The van der Waals surface area contributed by atoms with Gasteiger partial charge in [-0.2, -0.15) is 0 Å². The number of anilines is 1. The lowest BCUT2D eigenvalue weighted by Gasteiger charge is -2.28. The van der Waals surface area contributed by atoms with Crippen LogP contribution in [-0.2, 0) is 11.2 Å². The maximum absolute atomic E-state index is 12.7. The summed E-state index contributed by atoms with van der Waals surface area (Å²) in [4.78, 5) is 17.2. The first-order chi connectivity index (χ1) is 13.5. The van der Waals surface area contributed by atoms with Gasteiger partial charge in [-0.05, 0) is 63.7 Å². The third kappa shape index (κ3) is 5.66. The lowest BCUT2D eigenvalue weighted by Crippen LogP contribution is -2.36. The minimum atomic E-state index is 0.226. The van der Waals surface area contributed by atoms with Gasteiger partial charge in [0.05, 0.1) is 13.2 Å². The predicted molar refractivity (Wildman–Crippen MR) is 115 cm³/mol. The Balaban J connectivity index is 1.55. The molecule has 0 aliphatic carbocycles. The summed E-state index contributed by atoms with van der Waals surface area (Å²) in [5, 5.41) is 0. The third-order valence-electron chi connectivity index (χ3n) is 5.59. The molecule has 0 radical (unpaired) electrons. The molecule has 0 aromatic heterocycles. The molecule has 0 spiro atoms. The van der Waals surface area contributed by atoms with Crippen molar-refractivity contribution in [2.24, 2.45) is 0 Å². The number of hydrogen-bond donors (Lipinski definition) is 0. The molecule has 1 fully saturated rings. The fourth-order valence-electron chi connectivity index (χ4n) is 3.66. The van der Waals surface area contributed by atoms with Gasteiger partial charge in [0.25, 0.3) is 0 Å². The van der Waals surface area contributed by atoms with Gasteiger partial charge in [0.2, 0.25) is 0 Å². The molecule has 1 unspecified atom stereocenters. The quantitative estimate of drug-likeness (QED) is 0.649. The first-order valence-electron chi connectivity index (χ1n) is 10.2. The first kappa shape index (κ1) is 20.6. The van der Waals surface area contributed by atoms with E-state index in [2.05, 4.69) is 67.2 Å². The Morgan fingerprint density at radius 3 is 2.29 bits per heavy atom. The van der Waals surface area contributed by atoms with Crippen molar-refractivity contribution in [1.82, 2.24) is 4.90 Å². The van der Waals surface area contributed by atoms with Crippen molar-refractivity contribution in [1.29, 1.82) is 0 Å². The summed E-state index contributed by atoms with van der Waals surface area (Å²) in [5.41, 5.74) is 4.59. The number of nitrogens with zero attached hydrogens (tertiary/aromatic N) is 2. The SMILES string of the molecule is Cc1ccc(CC(CCC(=O)c2ccc(N3CCOCC3)cc2)N(C)C)cc1. The Morgan fingerprint density at radius 2 is 1.68 bits per heavy atom. The van der Waals surface area contributed by atoms with Crippen LogP contribution in [0.15, 0.2) is 48.5 Å². The monoisotopic (exact) mass is 380 g/mol. The van der Waals surface area contributed by atoms with Crippen molar-refractivity contribution in [3.63, 3.8) is 0 Å². The molecule has 3 rings (SSSR count). The van der Waals surface area contributed by atoms with Gasteiger partial charge in [-0.25, -0.2) is 0 Å². The zero-order chi connectivity index (χ0) is 19.9. The van der Waals surface area contributed by atoms with E-state index in [0.717, 1.165) is 44.7 Å². The number of Topliss-reactive ketones (excluding diaryl/α,β-unsaturated/α-hetero) is 1. The molecule has 0 saturated carbocycles. The van der Waals surface area contributed by atoms with Gasteiger partial charge in [0.1, 0.15) is 0 Å². The van der Waals surface area contributed by atoms with Crippen molar-refractivity contribution in [2.45, 2.75) is 32.2 Å². The molecule has 1 aliphatic rings. The normalized spacial score (nSPS) is 15.6. The van der Waals surface area contributed by atoms with Gasteiger partial charge in [-0.15, -0.1) is 0 Å². The van der Waals surface area contributed by atoms with E-state index in [1.807, 2.05) is 12.1 Å². The molecule has 4 heteroatoms. The van der Waals surface area contributed by atoms with Crippen LogP contribution in [-0.4, -0.2) is 57.1 Å². The highest BCUT2D eigenvalue weighted by molar-refractivity contribution is 5.96. The molecule has 4 nitrogen and oxygen atoms in total. The van der Waals surface area contributed by atoms with E-state index >= 15 is 0 Å². The van der Waals surface area contributed by atoms with Crippen molar-refractivity contribution in [2.75, 3.05) is 45.3 Å². The van der Waals surface area contributed by atoms with Crippen molar-refractivity contribution in [3.8, 4) is 0 Å². The van der Waals surface area contributed by atoms with Gasteiger partial charge in [0, 0.05) is 36.8 Å². The summed E-state index contributed by atoms with van der Waals surface area (Å²) in [6, 6.07) is 17.1. The van der Waals surface area contributed by atoms with Crippen LogP contribution in [0.2, 0.25) is 0 Å².